The second kappa shape index (κ2) is 7.14. The Balaban J connectivity index is 1.69. The van der Waals surface area contributed by atoms with Gasteiger partial charge in [-0.15, -0.1) is 5.10 Å². The number of hydrogen-bond donors (Lipinski definition) is 1. The molecule has 0 radical (unpaired) electrons. The third-order valence-electron chi connectivity index (χ3n) is 3.25. The first kappa shape index (κ1) is 16.7. The molecule has 0 aliphatic heterocycles. The summed E-state index contributed by atoms with van der Waals surface area (Å²) in [5, 5.41) is 11.7. The highest BCUT2D eigenvalue weighted by Crippen LogP contribution is 2.16. The fourth-order valence-electron chi connectivity index (χ4n) is 2.12. The molecule has 124 valence electrons. The molecule has 1 amide bonds. The van der Waals surface area contributed by atoms with Crippen LogP contribution in [0.5, 0.6) is 0 Å². The van der Waals surface area contributed by atoms with Crippen molar-refractivity contribution in [1.82, 2.24) is 24.5 Å². The number of halogens is 2. The van der Waals surface area contributed by atoms with Crippen LogP contribution in [0, 0.1) is 0 Å². The molecule has 3 rings (SSSR count). The molecule has 7 nitrogen and oxygen atoms in total. The van der Waals surface area contributed by atoms with E-state index in [1.54, 1.807) is 21.9 Å². The van der Waals surface area contributed by atoms with Gasteiger partial charge < -0.3 is 0 Å². The van der Waals surface area contributed by atoms with Gasteiger partial charge in [-0.1, -0.05) is 23.7 Å². The van der Waals surface area contributed by atoms with Crippen LogP contribution in [0.25, 0.3) is 0 Å². The first-order chi connectivity index (χ1) is 11.5. The summed E-state index contributed by atoms with van der Waals surface area (Å²) in [6.45, 7) is 3.14. The van der Waals surface area contributed by atoms with Crippen LogP contribution < -0.4 is 5.32 Å². The summed E-state index contributed by atoms with van der Waals surface area (Å²) in [5.74, 6) is -0.144. The van der Waals surface area contributed by atoms with E-state index in [9.17, 15) is 4.79 Å². The van der Waals surface area contributed by atoms with Gasteiger partial charge in [-0.05, 0) is 40.5 Å². The Bertz CT molecular complexity index is 874. The Morgan fingerprint density at radius 2 is 2.17 bits per heavy atom. The van der Waals surface area contributed by atoms with E-state index in [4.69, 9.17) is 11.6 Å². The van der Waals surface area contributed by atoms with Gasteiger partial charge in [-0.3, -0.25) is 14.8 Å². The molecule has 2 aromatic heterocycles. The van der Waals surface area contributed by atoms with E-state index in [0.717, 1.165) is 5.56 Å². The average Bonchev–Trinajstić information content (AvgIpc) is 3.13. The Hall–Kier alpha value is -2.19. The summed E-state index contributed by atoms with van der Waals surface area (Å²) in [4.78, 5) is 16.3. The molecule has 0 atom stereocenters. The lowest BCUT2D eigenvalue weighted by molar-refractivity contribution is 0.102. The number of carbonyl (C=O) groups excluding carboxylic acids is 1. The monoisotopic (exact) mass is 408 g/mol. The van der Waals surface area contributed by atoms with Crippen LogP contribution in [0.15, 0.2) is 41.3 Å². The number of anilines is 1. The normalized spacial score (nSPS) is 10.8. The molecule has 0 unspecified atom stereocenters. The zero-order chi connectivity index (χ0) is 17.1. The van der Waals surface area contributed by atoms with Crippen molar-refractivity contribution in [2.45, 2.75) is 20.0 Å². The SMILES string of the molecule is CCn1cc(Br)c(C(=O)Nc2ncn(Cc3cccc(Cl)c3)n2)n1. The van der Waals surface area contributed by atoms with Crippen molar-refractivity contribution in [2.75, 3.05) is 5.32 Å². The fourth-order valence-corrected chi connectivity index (χ4v) is 2.83. The number of carbonyl (C=O) groups is 1. The van der Waals surface area contributed by atoms with Gasteiger partial charge in [0.15, 0.2) is 5.69 Å². The Morgan fingerprint density at radius 3 is 2.88 bits per heavy atom. The number of amides is 1. The summed E-state index contributed by atoms with van der Waals surface area (Å²) in [7, 11) is 0. The highest BCUT2D eigenvalue weighted by atomic mass is 79.9. The van der Waals surface area contributed by atoms with Crippen LogP contribution in [-0.2, 0) is 13.1 Å². The topological polar surface area (TPSA) is 77.6 Å². The average molecular weight is 410 g/mol. The highest BCUT2D eigenvalue weighted by molar-refractivity contribution is 9.10. The third kappa shape index (κ3) is 3.82. The number of aromatic nitrogens is 5. The molecule has 0 saturated heterocycles. The molecule has 0 fully saturated rings. The van der Waals surface area contributed by atoms with Gasteiger partial charge in [0.2, 0.25) is 5.95 Å². The van der Waals surface area contributed by atoms with Crippen LogP contribution in [0.2, 0.25) is 5.02 Å². The van der Waals surface area contributed by atoms with Crippen LogP contribution in [0.3, 0.4) is 0 Å². The Morgan fingerprint density at radius 1 is 1.33 bits per heavy atom. The number of nitrogens with one attached hydrogen (secondary N) is 1. The minimum Gasteiger partial charge on any atom is -0.288 e. The second-order valence-electron chi connectivity index (χ2n) is 5.03. The van der Waals surface area contributed by atoms with E-state index in [1.165, 1.54) is 0 Å². The van der Waals surface area contributed by atoms with E-state index < -0.39 is 0 Å². The molecular weight excluding hydrogens is 396 g/mol. The number of nitrogens with zero attached hydrogens (tertiary/aromatic N) is 5. The number of benzene rings is 1. The largest absolute Gasteiger partial charge is 0.288 e. The molecule has 0 aliphatic carbocycles. The van der Waals surface area contributed by atoms with Crippen LogP contribution in [-0.4, -0.2) is 30.5 Å². The molecule has 0 bridgehead atoms. The predicted octanol–water partition coefficient (Wildman–Crippen LogP) is 3.21. The van der Waals surface area contributed by atoms with Crippen molar-refractivity contribution in [3.8, 4) is 0 Å². The standard InChI is InChI=1S/C15H14BrClN6O/c1-2-22-8-12(16)13(20-22)14(24)19-15-18-9-23(21-15)7-10-4-3-5-11(17)6-10/h3-6,8-9H,2,7H2,1H3,(H,19,21,24). The van der Waals surface area contributed by atoms with Crippen LogP contribution >= 0.6 is 27.5 Å². The van der Waals surface area contributed by atoms with E-state index in [2.05, 4.69) is 36.4 Å². The van der Waals surface area contributed by atoms with Gasteiger partial charge >= 0.3 is 0 Å². The van der Waals surface area contributed by atoms with Gasteiger partial charge in [0.25, 0.3) is 5.91 Å². The van der Waals surface area contributed by atoms with Crippen molar-refractivity contribution in [1.29, 1.82) is 0 Å². The number of hydrogen-bond acceptors (Lipinski definition) is 4. The molecule has 24 heavy (non-hydrogen) atoms. The predicted molar refractivity (Wildman–Crippen MR) is 94.1 cm³/mol. The molecule has 0 saturated carbocycles. The van der Waals surface area contributed by atoms with Crippen molar-refractivity contribution in [2.24, 2.45) is 0 Å². The lowest BCUT2D eigenvalue weighted by Gasteiger charge is -2.01. The molecule has 1 N–H and O–H groups in total. The minimum absolute atomic E-state index is 0.222. The molecular formula is C15H14BrClN6O. The van der Waals surface area contributed by atoms with Gasteiger partial charge in [0.05, 0.1) is 11.0 Å². The molecule has 3 aromatic rings. The molecule has 9 heteroatoms. The van der Waals surface area contributed by atoms with Gasteiger partial charge in [0, 0.05) is 17.8 Å². The van der Waals surface area contributed by atoms with Crippen molar-refractivity contribution in [3.05, 3.63) is 57.5 Å². The van der Waals surface area contributed by atoms with Gasteiger partial charge in [0.1, 0.15) is 6.33 Å². The molecule has 0 aliphatic rings. The first-order valence-corrected chi connectivity index (χ1v) is 8.40. The van der Waals surface area contributed by atoms with E-state index >= 15 is 0 Å². The van der Waals surface area contributed by atoms with E-state index in [0.29, 0.717) is 28.3 Å². The Kier molecular flexibility index (Phi) is 4.96. The summed E-state index contributed by atoms with van der Waals surface area (Å²) in [5.41, 5.74) is 1.29. The van der Waals surface area contributed by atoms with Crippen molar-refractivity contribution < 1.29 is 4.79 Å². The lowest BCUT2D eigenvalue weighted by Crippen LogP contribution is -2.15. The molecule has 1 aromatic carbocycles. The highest BCUT2D eigenvalue weighted by Gasteiger charge is 2.16. The van der Waals surface area contributed by atoms with E-state index in [-0.39, 0.29) is 11.9 Å². The van der Waals surface area contributed by atoms with Crippen molar-refractivity contribution in [3.63, 3.8) is 0 Å². The first-order valence-electron chi connectivity index (χ1n) is 7.23. The zero-order valence-electron chi connectivity index (χ0n) is 12.8. The lowest BCUT2D eigenvalue weighted by atomic mass is 10.2. The number of rotatable bonds is 5. The summed E-state index contributed by atoms with van der Waals surface area (Å²) in [6, 6.07) is 7.49. The second-order valence-corrected chi connectivity index (χ2v) is 6.32. The maximum absolute atomic E-state index is 12.3. The quantitative estimate of drug-likeness (QED) is 0.702. The van der Waals surface area contributed by atoms with Crippen LogP contribution in [0.4, 0.5) is 5.95 Å². The third-order valence-corrected chi connectivity index (χ3v) is 4.07. The molecule has 0 spiro atoms. The summed E-state index contributed by atoms with van der Waals surface area (Å²) >= 11 is 9.29. The molecule has 2 heterocycles. The van der Waals surface area contributed by atoms with E-state index in [1.807, 2.05) is 31.2 Å². The number of aryl methyl sites for hydroxylation is 1. The summed E-state index contributed by atoms with van der Waals surface area (Å²) < 4.78 is 3.92. The van der Waals surface area contributed by atoms with Gasteiger partial charge in [-0.25, -0.2) is 9.67 Å². The fraction of sp³-hybridized carbons (Fsp3) is 0.200. The van der Waals surface area contributed by atoms with Crippen molar-refractivity contribution >= 4 is 39.4 Å². The maximum Gasteiger partial charge on any atom is 0.279 e. The van der Waals surface area contributed by atoms with Gasteiger partial charge in [-0.2, -0.15) is 5.10 Å². The van der Waals surface area contributed by atoms with Crippen LogP contribution in [0.1, 0.15) is 23.0 Å². The minimum atomic E-state index is -0.366. The zero-order valence-corrected chi connectivity index (χ0v) is 15.1. The maximum atomic E-state index is 12.3. The Labute approximate surface area is 151 Å². The summed E-state index contributed by atoms with van der Waals surface area (Å²) in [6.07, 6.45) is 3.30. The smallest absolute Gasteiger partial charge is 0.279 e.